The van der Waals surface area contributed by atoms with E-state index in [9.17, 15) is 18.0 Å². The third kappa shape index (κ3) is 5.38. The predicted octanol–water partition coefficient (Wildman–Crippen LogP) is 4.08. The van der Waals surface area contributed by atoms with Gasteiger partial charge in [-0.3, -0.25) is 4.79 Å². The Hall–Kier alpha value is -2.34. The fourth-order valence-electron chi connectivity index (χ4n) is 2.29. The summed E-state index contributed by atoms with van der Waals surface area (Å²) in [5.74, 6) is -1.65. The molecule has 2 aromatic rings. The highest BCUT2D eigenvalue weighted by atomic mass is 19.4. The van der Waals surface area contributed by atoms with E-state index in [-0.39, 0.29) is 5.69 Å². The molecule has 0 aromatic heterocycles. The molecule has 1 unspecified atom stereocenters. The highest BCUT2D eigenvalue weighted by molar-refractivity contribution is 5.94. The molecule has 1 atom stereocenters. The molecule has 0 saturated carbocycles. The van der Waals surface area contributed by atoms with Gasteiger partial charge in [0.1, 0.15) is 0 Å². The molecule has 0 aliphatic heterocycles. The summed E-state index contributed by atoms with van der Waals surface area (Å²) in [7, 11) is 0. The summed E-state index contributed by atoms with van der Waals surface area (Å²) in [6, 6.07) is 16.4. The van der Waals surface area contributed by atoms with Gasteiger partial charge in [-0.1, -0.05) is 49.4 Å². The SMILES string of the molecule is CC(CNCc1cccc(NC(=O)C(F)(F)F)c1)c1ccccc1. The van der Waals surface area contributed by atoms with Crippen molar-refractivity contribution >= 4 is 11.6 Å². The van der Waals surface area contributed by atoms with Crippen molar-refractivity contribution in [1.82, 2.24) is 5.32 Å². The van der Waals surface area contributed by atoms with Crippen LogP contribution in [-0.2, 0) is 11.3 Å². The molecule has 128 valence electrons. The first kappa shape index (κ1) is 18.0. The van der Waals surface area contributed by atoms with Crippen LogP contribution in [0.2, 0.25) is 0 Å². The van der Waals surface area contributed by atoms with Crippen molar-refractivity contribution < 1.29 is 18.0 Å². The van der Waals surface area contributed by atoms with Gasteiger partial charge in [0.25, 0.3) is 0 Å². The summed E-state index contributed by atoms with van der Waals surface area (Å²) in [6.45, 7) is 3.35. The third-order valence-electron chi connectivity index (χ3n) is 3.59. The normalized spacial score (nSPS) is 12.7. The predicted molar refractivity (Wildman–Crippen MR) is 87.7 cm³/mol. The van der Waals surface area contributed by atoms with Crippen LogP contribution in [-0.4, -0.2) is 18.6 Å². The van der Waals surface area contributed by atoms with Crippen LogP contribution in [0.5, 0.6) is 0 Å². The van der Waals surface area contributed by atoms with Crippen molar-refractivity contribution in [1.29, 1.82) is 0 Å². The molecule has 0 bridgehead atoms. The Morgan fingerprint density at radius 2 is 1.79 bits per heavy atom. The molecule has 2 aromatic carbocycles. The molecule has 1 amide bonds. The van der Waals surface area contributed by atoms with Gasteiger partial charge >= 0.3 is 12.1 Å². The summed E-state index contributed by atoms with van der Waals surface area (Å²) in [5.41, 5.74) is 2.15. The zero-order chi connectivity index (χ0) is 17.6. The largest absolute Gasteiger partial charge is 0.471 e. The van der Waals surface area contributed by atoms with Gasteiger partial charge in [0.15, 0.2) is 0 Å². The van der Waals surface area contributed by atoms with Gasteiger partial charge in [-0.05, 0) is 29.2 Å². The highest BCUT2D eigenvalue weighted by Gasteiger charge is 2.38. The fourth-order valence-corrected chi connectivity index (χ4v) is 2.29. The van der Waals surface area contributed by atoms with Gasteiger partial charge in [0.05, 0.1) is 0 Å². The zero-order valence-corrected chi connectivity index (χ0v) is 13.2. The van der Waals surface area contributed by atoms with Gasteiger partial charge in [0.2, 0.25) is 0 Å². The number of amides is 1. The van der Waals surface area contributed by atoms with Crippen LogP contribution in [0.4, 0.5) is 18.9 Å². The lowest BCUT2D eigenvalue weighted by atomic mass is 10.0. The number of anilines is 1. The second-order valence-electron chi connectivity index (χ2n) is 5.59. The monoisotopic (exact) mass is 336 g/mol. The van der Waals surface area contributed by atoms with Crippen molar-refractivity contribution in [3.8, 4) is 0 Å². The lowest BCUT2D eigenvalue weighted by Gasteiger charge is -2.14. The van der Waals surface area contributed by atoms with Crippen LogP contribution in [0.3, 0.4) is 0 Å². The molecule has 2 rings (SSSR count). The molecule has 0 fully saturated rings. The second kappa shape index (κ2) is 7.97. The van der Waals surface area contributed by atoms with E-state index >= 15 is 0 Å². The topological polar surface area (TPSA) is 41.1 Å². The van der Waals surface area contributed by atoms with Crippen LogP contribution in [0, 0.1) is 0 Å². The van der Waals surface area contributed by atoms with Crippen LogP contribution >= 0.6 is 0 Å². The molecule has 0 heterocycles. The number of nitrogens with one attached hydrogen (secondary N) is 2. The Bertz CT molecular complexity index is 671. The first-order valence-electron chi connectivity index (χ1n) is 7.59. The van der Waals surface area contributed by atoms with Crippen molar-refractivity contribution in [2.24, 2.45) is 0 Å². The lowest BCUT2D eigenvalue weighted by Crippen LogP contribution is -2.30. The summed E-state index contributed by atoms with van der Waals surface area (Å²) in [6.07, 6.45) is -4.89. The minimum Gasteiger partial charge on any atom is -0.318 e. The molecule has 0 saturated heterocycles. The Morgan fingerprint density at radius 1 is 1.08 bits per heavy atom. The number of halogens is 3. The zero-order valence-electron chi connectivity index (χ0n) is 13.2. The standard InChI is InChI=1S/C18H19F3N2O/c1-13(15-7-3-2-4-8-15)11-22-12-14-6-5-9-16(10-14)23-17(24)18(19,20)21/h2-10,13,22H,11-12H2,1H3,(H,23,24). The molecule has 3 nitrogen and oxygen atoms in total. The Labute approximate surface area is 138 Å². The van der Waals surface area contributed by atoms with E-state index in [1.807, 2.05) is 23.5 Å². The molecule has 0 aliphatic carbocycles. The average Bonchev–Trinajstić information content (AvgIpc) is 2.55. The van der Waals surface area contributed by atoms with E-state index < -0.39 is 12.1 Å². The summed E-state index contributed by atoms with van der Waals surface area (Å²) < 4.78 is 36.8. The molecule has 6 heteroatoms. The maximum atomic E-state index is 12.3. The summed E-state index contributed by atoms with van der Waals surface area (Å²) >= 11 is 0. The molecule has 0 radical (unpaired) electrons. The van der Waals surface area contributed by atoms with Crippen molar-refractivity contribution in [2.75, 3.05) is 11.9 Å². The lowest BCUT2D eigenvalue weighted by molar-refractivity contribution is -0.167. The van der Waals surface area contributed by atoms with Crippen LogP contribution < -0.4 is 10.6 Å². The Kier molecular flexibility index (Phi) is 5.98. The molecular formula is C18H19F3N2O. The smallest absolute Gasteiger partial charge is 0.318 e. The number of carbonyl (C=O) groups excluding carboxylic acids is 1. The van der Waals surface area contributed by atoms with E-state index in [4.69, 9.17) is 0 Å². The fraction of sp³-hybridized carbons (Fsp3) is 0.278. The number of carbonyl (C=O) groups is 1. The van der Waals surface area contributed by atoms with E-state index in [2.05, 4.69) is 24.4 Å². The van der Waals surface area contributed by atoms with Gasteiger partial charge in [-0.25, -0.2) is 0 Å². The third-order valence-corrected chi connectivity index (χ3v) is 3.59. The molecule has 0 spiro atoms. The summed E-state index contributed by atoms with van der Waals surface area (Å²) in [4.78, 5) is 11.0. The Balaban J connectivity index is 1.87. The maximum absolute atomic E-state index is 12.3. The van der Waals surface area contributed by atoms with Crippen molar-refractivity contribution in [3.63, 3.8) is 0 Å². The van der Waals surface area contributed by atoms with Gasteiger partial charge < -0.3 is 10.6 Å². The molecule has 2 N–H and O–H groups in total. The van der Waals surface area contributed by atoms with E-state index in [1.165, 1.54) is 17.7 Å². The van der Waals surface area contributed by atoms with Gasteiger partial charge in [0, 0.05) is 18.8 Å². The highest BCUT2D eigenvalue weighted by Crippen LogP contribution is 2.19. The summed E-state index contributed by atoms with van der Waals surface area (Å²) in [5, 5.41) is 5.13. The van der Waals surface area contributed by atoms with Crippen LogP contribution in [0.25, 0.3) is 0 Å². The van der Waals surface area contributed by atoms with Gasteiger partial charge in [-0.15, -0.1) is 0 Å². The Morgan fingerprint density at radius 3 is 2.46 bits per heavy atom. The average molecular weight is 336 g/mol. The van der Waals surface area contributed by atoms with E-state index in [0.29, 0.717) is 12.5 Å². The molecular weight excluding hydrogens is 317 g/mol. The van der Waals surface area contributed by atoms with Crippen molar-refractivity contribution in [2.45, 2.75) is 25.6 Å². The number of benzene rings is 2. The number of alkyl halides is 3. The molecule has 0 aliphatic rings. The number of rotatable bonds is 6. The van der Waals surface area contributed by atoms with Gasteiger partial charge in [-0.2, -0.15) is 13.2 Å². The van der Waals surface area contributed by atoms with Crippen molar-refractivity contribution in [3.05, 3.63) is 65.7 Å². The maximum Gasteiger partial charge on any atom is 0.471 e. The number of hydrogen-bond donors (Lipinski definition) is 2. The minimum absolute atomic E-state index is 0.132. The second-order valence-corrected chi connectivity index (χ2v) is 5.59. The quantitative estimate of drug-likeness (QED) is 0.834. The van der Waals surface area contributed by atoms with E-state index in [0.717, 1.165) is 12.1 Å². The minimum atomic E-state index is -4.89. The van der Waals surface area contributed by atoms with E-state index in [1.54, 1.807) is 12.1 Å². The number of hydrogen-bond acceptors (Lipinski definition) is 2. The van der Waals surface area contributed by atoms with Crippen LogP contribution in [0.1, 0.15) is 24.0 Å². The molecule has 24 heavy (non-hydrogen) atoms. The first-order chi connectivity index (χ1) is 11.4. The first-order valence-corrected chi connectivity index (χ1v) is 7.59. The van der Waals surface area contributed by atoms with Crippen LogP contribution in [0.15, 0.2) is 54.6 Å².